The van der Waals surface area contributed by atoms with Gasteiger partial charge in [-0.2, -0.15) is 0 Å². The van der Waals surface area contributed by atoms with Crippen LogP contribution >= 0.6 is 12.2 Å². The predicted octanol–water partition coefficient (Wildman–Crippen LogP) is 3.65. The first-order chi connectivity index (χ1) is 14.5. The Morgan fingerprint density at radius 1 is 1.30 bits per heavy atom. The Morgan fingerprint density at radius 3 is 2.87 bits per heavy atom. The summed E-state index contributed by atoms with van der Waals surface area (Å²) >= 11 is 5.44. The third kappa shape index (κ3) is 4.40. The maximum atomic E-state index is 11.8. The molecule has 2 N–H and O–H groups in total. The molecule has 1 saturated carbocycles. The molecule has 156 valence electrons. The van der Waals surface area contributed by atoms with Crippen LogP contribution in [-0.4, -0.2) is 45.6 Å². The zero-order chi connectivity index (χ0) is 21.1. The molecule has 0 bridgehead atoms. The van der Waals surface area contributed by atoms with Crippen LogP contribution in [0.2, 0.25) is 0 Å². The second-order valence-electron chi connectivity index (χ2n) is 7.27. The van der Waals surface area contributed by atoms with Gasteiger partial charge < -0.3 is 19.8 Å². The normalized spacial score (nSPS) is 14.1. The summed E-state index contributed by atoms with van der Waals surface area (Å²) in [4.78, 5) is 26.1. The highest BCUT2D eigenvalue weighted by molar-refractivity contribution is 7.80. The lowest BCUT2D eigenvalue weighted by Gasteiger charge is -2.15. The van der Waals surface area contributed by atoms with E-state index in [1.165, 1.54) is 32.8 Å². The second kappa shape index (κ2) is 8.74. The number of carbonyl (C=O) groups excluding carboxylic acids is 1. The minimum atomic E-state index is -0.456. The Balaban J connectivity index is 1.50. The van der Waals surface area contributed by atoms with Crippen molar-refractivity contribution in [2.24, 2.45) is 0 Å². The fourth-order valence-electron chi connectivity index (χ4n) is 3.56. The van der Waals surface area contributed by atoms with Crippen molar-refractivity contribution in [3.8, 4) is 11.5 Å². The zero-order valence-electron chi connectivity index (χ0n) is 16.9. The zero-order valence-corrected chi connectivity index (χ0v) is 17.7. The summed E-state index contributed by atoms with van der Waals surface area (Å²) in [5.74, 6) is 1.10. The largest absolute Gasteiger partial charge is 0.465 e. The molecule has 0 amide bonds. The maximum absolute atomic E-state index is 11.8. The van der Waals surface area contributed by atoms with Gasteiger partial charge in [-0.15, -0.1) is 0 Å². The van der Waals surface area contributed by atoms with Crippen molar-refractivity contribution in [1.29, 1.82) is 0 Å². The average Bonchev–Trinajstić information content (AvgIpc) is 3.40. The van der Waals surface area contributed by atoms with E-state index in [0.717, 1.165) is 4.99 Å². The number of nitrogens with one attached hydrogen (secondary N) is 2. The second-order valence-corrected chi connectivity index (χ2v) is 7.76. The molecule has 0 spiro atoms. The van der Waals surface area contributed by atoms with Crippen molar-refractivity contribution in [2.75, 3.05) is 19.0 Å². The summed E-state index contributed by atoms with van der Waals surface area (Å²) in [7, 11) is 1.33. The van der Waals surface area contributed by atoms with Crippen molar-refractivity contribution in [1.82, 2.24) is 20.3 Å². The smallest absolute Gasteiger partial charge is 0.341 e. The lowest BCUT2D eigenvalue weighted by atomic mass is 10.2. The molecule has 9 heteroatoms. The molecule has 0 radical (unpaired) electrons. The minimum absolute atomic E-state index is 0.362. The highest BCUT2D eigenvalue weighted by Crippen LogP contribution is 2.25. The molecule has 30 heavy (non-hydrogen) atoms. The number of carbonyl (C=O) groups is 1. The first kappa shape index (κ1) is 20.2. The number of fused-ring (bicyclic) bond motifs is 1. The number of aryl methyl sites for hydroxylation is 1. The summed E-state index contributed by atoms with van der Waals surface area (Å²) in [6.45, 7) is 2.21. The number of aromatic nitrogens is 3. The van der Waals surface area contributed by atoms with E-state index in [0.29, 0.717) is 52.3 Å². The molecular weight excluding hydrogens is 402 g/mol. The molecule has 1 aliphatic rings. The molecule has 3 heterocycles. The summed E-state index contributed by atoms with van der Waals surface area (Å²) in [6, 6.07) is 5.79. The molecular formula is C21H23N5O3S. The van der Waals surface area contributed by atoms with Gasteiger partial charge in [0.2, 0.25) is 0 Å². The predicted molar refractivity (Wildman–Crippen MR) is 118 cm³/mol. The molecule has 3 aromatic heterocycles. The Kier molecular flexibility index (Phi) is 5.89. The van der Waals surface area contributed by atoms with Crippen molar-refractivity contribution in [3.63, 3.8) is 0 Å². The summed E-state index contributed by atoms with van der Waals surface area (Å²) < 4.78 is 10.4. The number of nitrogens with zero attached hydrogens (tertiary/aromatic N) is 3. The quantitative estimate of drug-likeness (QED) is 0.452. The lowest BCUT2D eigenvalue weighted by Crippen LogP contribution is -2.35. The fraction of sp³-hybridized carbons (Fsp3) is 0.381. The minimum Gasteiger partial charge on any atom is -0.465 e. The van der Waals surface area contributed by atoms with E-state index in [-0.39, 0.29) is 0 Å². The number of hydrogen-bond acceptors (Lipinski definition) is 8. The molecule has 4 rings (SSSR count). The highest BCUT2D eigenvalue weighted by atomic mass is 32.1. The van der Waals surface area contributed by atoms with Gasteiger partial charge in [0.25, 0.3) is 0 Å². The number of pyridine rings is 1. The standard InChI is InChI=1S/C21H23N5O3S/c1-12-14(21(27)28-2)9-17(29-12)16-10-22-15-7-8-18(26-20(15)25-16)23-11-19(30)24-13-5-3-4-6-13/h7-10,13H,3-6,11H2,1-2H3,(H,24,30)(H,23,25,26). The Hall–Kier alpha value is -3.07. The average molecular weight is 426 g/mol. The van der Waals surface area contributed by atoms with Gasteiger partial charge in [-0.05, 0) is 31.9 Å². The first-order valence-corrected chi connectivity index (χ1v) is 10.3. The van der Waals surface area contributed by atoms with E-state index in [1.807, 2.05) is 12.1 Å². The maximum Gasteiger partial charge on any atom is 0.341 e. The fourth-order valence-corrected chi connectivity index (χ4v) is 3.79. The van der Waals surface area contributed by atoms with Crippen molar-refractivity contribution in [2.45, 2.75) is 38.6 Å². The summed E-state index contributed by atoms with van der Waals surface area (Å²) in [6.07, 6.45) is 6.47. The molecule has 1 fully saturated rings. The van der Waals surface area contributed by atoms with Crippen molar-refractivity contribution >= 4 is 40.2 Å². The lowest BCUT2D eigenvalue weighted by molar-refractivity contribution is 0.0599. The van der Waals surface area contributed by atoms with E-state index in [1.54, 1.807) is 19.2 Å². The van der Waals surface area contributed by atoms with Crippen molar-refractivity contribution in [3.05, 3.63) is 35.7 Å². The molecule has 0 unspecified atom stereocenters. The van der Waals surface area contributed by atoms with E-state index in [9.17, 15) is 4.79 Å². The van der Waals surface area contributed by atoms with E-state index in [4.69, 9.17) is 21.4 Å². The number of esters is 1. The van der Waals surface area contributed by atoms with Crippen LogP contribution in [0.5, 0.6) is 0 Å². The molecule has 3 aromatic rings. The van der Waals surface area contributed by atoms with Gasteiger partial charge in [0, 0.05) is 12.1 Å². The molecule has 0 saturated heterocycles. The van der Waals surface area contributed by atoms with Crippen LogP contribution in [0.15, 0.2) is 28.8 Å². The molecule has 1 aliphatic carbocycles. The Bertz CT molecular complexity index is 1090. The first-order valence-electron chi connectivity index (χ1n) is 9.89. The number of rotatable bonds is 6. The SMILES string of the molecule is COC(=O)c1cc(-c2cnc3ccc(NCC(=S)NC4CCCC4)nc3n2)oc1C. The van der Waals surface area contributed by atoms with Gasteiger partial charge in [0.05, 0.1) is 24.8 Å². The van der Waals surface area contributed by atoms with Crippen molar-refractivity contribution < 1.29 is 13.9 Å². The molecule has 0 atom stereocenters. The number of furan rings is 1. The number of hydrogen-bond donors (Lipinski definition) is 2. The molecule has 0 aromatic carbocycles. The van der Waals surface area contributed by atoms with Gasteiger partial charge in [-0.3, -0.25) is 4.98 Å². The van der Waals surface area contributed by atoms with Crippen LogP contribution in [0.25, 0.3) is 22.6 Å². The Morgan fingerprint density at radius 2 is 2.10 bits per heavy atom. The van der Waals surface area contributed by atoms with Crippen LogP contribution in [0, 0.1) is 6.92 Å². The third-order valence-electron chi connectivity index (χ3n) is 5.13. The van der Waals surface area contributed by atoms with Gasteiger partial charge >= 0.3 is 5.97 Å². The number of ether oxygens (including phenoxy) is 1. The van der Waals surface area contributed by atoms with Gasteiger partial charge in [0.15, 0.2) is 11.4 Å². The van der Waals surface area contributed by atoms with Gasteiger partial charge in [-0.25, -0.2) is 14.8 Å². The number of thiocarbonyl (C=S) groups is 1. The van der Waals surface area contributed by atoms with Crippen LogP contribution < -0.4 is 10.6 Å². The van der Waals surface area contributed by atoms with Gasteiger partial charge in [-0.1, -0.05) is 25.1 Å². The monoisotopic (exact) mass is 425 g/mol. The third-order valence-corrected chi connectivity index (χ3v) is 5.39. The number of anilines is 1. The van der Waals surface area contributed by atoms with E-state index < -0.39 is 5.97 Å². The topological polar surface area (TPSA) is 102 Å². The van der Waals surface area contributed by atoms with Crippen LogP contribution in [-0.2, 0) is 4.74 Å². The Labute approximate surface area is 179 Å². The number of methoxy groups -OCH3 is 1. The van der Waals surface area contributed by atoms with Crippen LogP contribution in [0.4, 0.5) is 5.82 Å². The molecule has 8 nitrogen and oxygen atoms in total. The van der Waals surface area contributed by atoms with Crippen LogP contribution in [0.1, 0.15) is 41.8 Å². The van der Waals surface area contributed by atoms with E-state index in [2.05, 4.69) is 25.6 Å². The highest BCUT2D eigenvalue weighted by Gasteiger charge is 2.18. The summed E-state index contributed by atoms with van der Waals surface area (Å²) in [5, 5.41) is 6.64. The molecule has 0 aliphatic heterocycles. The summed E-state index contributed by atoms with van der Waals surface area (Å²) in [5.41, 5.74) is 1.98. The van der Waals surface area contributed by atoms with Crippen LogP contribution in [0.3, 0.4) is 0 Å². The van der Waals surface area contributed by atoms with Gasteiger partial charge in [0.1, 0.15) is 28.4 Å². The van der Waals surface area contributed by atoms with E-state index >= 15 is 0 Å².